The molecule has 0 unspecified atom stereocenters. The molecule has 0 aliphatic heterocycles. The van der Waals surface area contributed by atoms with Gasteiger partial charge in [0.25, 0.3) is 0 Å². The molecule has 0 saturated heterocycles. The van der Waals surface area contributed by atoms with Crippen LogP contribution in [-0.2, 0) is 0 Å². The van der Waals surface area contributed by atoms with Crippen LogP contribution in [0.2, 0.25) is 0 Å². The average molecular weight is 234 g/mol. The lowest BCUT2D eigenvalue weighted by molar-refractivity contribution is 0.117. The van der Waals surface area contributed by atoms with Crippen molar-refractivity contribution < 1.29 is 19.2 Å². The summed E-state index contributed by atoms with van der Waals surface area (Å²) in [6.45, 7) is 0. The van der Waals surface area contributed by atoms with E-state index in [1.54, 1.807) is 0 Å². The van der Waals surface area contributed by atoms with Crippen molar-refractivity contribution in [3.05, 3.63) is 36.4 Å². The van der Waals surface area contributed by atoms with Crippen molar-refractivity contribution in [3.63, 3.8) is 0 Å². The van der Waals surface area contributed by atoms with Crippen molar-refractivity contribution in [2.45, 2.75) is 0 Å². The van der Waals surface area contributed by atoms with Gasteiger partial charge in [0.1, 0.15) is 0 Å². The lowest BCUT2D eigenvalue weighted by Gasteiger charge is -1.91. The number of hydrogen-bond acceptors (Lipinski definition) is 4. The van der Waals surface area contributed by atoms with Crippen LogP contribution in [0, 0.1) is 0 Å². The number of rotatable bonds is 0. The van der Waals surface area contributed by atoms with Crippen LogP contribution >= 0.6 is 0 Å². The standard InChI is InChI=1S/C6H6.2Al.H4O4Si.6H/c1-2-4-6-5-3-1;;;1-5(2,3)4;;;;;;/h1-6H;;;1-4H;;;;;;. The highest BCUT2D eigenvalue weighted by atomic mass is 28.4. The van der Waals surface area contributed by atoms with E-state index in [0.717, 1.165) is 0 Å². The Morgan fingerprint density at radius 1 is 0.538 bits per heavy atom. The van der Waals surface area contributed by atoms with E-state index in [1.807, 2.05) is 36.4 Å². The predicted molar refractivity (Wildman–Crippen MR) is 60.9 cm³/mol. The summed E-state index contributed by atoms with van der Waals surface area (Å²) in [7, 11) is -4.61. The zero-order valence-corrected chi connectivity index (χ0v) is 6.75. The third-order valence-corrected chi connectivity index (χ3v) is 0.667. The zero-order chi connectivity index (χ0) is 8.74. The first-order valence-electron chi connectivity index (χ1n) is 2.89. The minimum atomic E-state index is -4.61. The molecule has 1 rings (SSSR count). The minimum absolute atomic E-state index is 0. The molecule has 0 heterocycles. The van der Waals surface area contributed by atoms with Crippen LogP contribution in [0.4, 0.5) is 0 Å². The Balaban J connectivity index is -0.000000136. The van der Waals surface area contributed by atoms with Gasteiger partial charge in [-0.3, -0.25) is 0 Å². The van der Waals surface area contributed by atoms with Gasteiger partial charge >= 0.3 is 9.05 Å². The summed E-state index contributed by atoms with van der Waals surface area (Å²) < 4.78 is 0. The van der Waals surface area contributed by atoms with Crippen LogP contribution in [0.5, 0.6) is 0 Å². The molecule has 0 fully saturated rings. The fourth-order valence-corrected chi connectivity index (χ4v) is 0.385. The summed E-state index contributed by atoms with van der Waals surface area (Å²) in [5.74, 6) is 0. The largest absolute Gasteiger partial charge is 0.668 e. The van der Waals surface area contributed by atoms with Gasteiger partial charge in [0.2, 0.25) is 0 Å². The molecule has 4 nitrogen and oxygen atoms in total. The van der Waals surface area contributed by atoms with Crippen LogP contribution in [0.1, 0.15) is 0 Å². The second-order valence-electron chi connectivity index (χ2n) is 1.75. The molecule has 1 aromatic carbocycles. The summed E-state index contributed by atoms with van der Waals surface area (Å²) in [6, 6.07) is 12.0. The molecular formula is C6H16Al2O4Si. The van der Waals surface area contributed by atoms with Crippen molar-refractivity contribution in [1.82, 2.24) is 0 Å². The monoisotopic (exact) mass is 234 g/mol. The first-order valence-corrected chi connectivity index (χ1v) is 4.68. The van der Waals surface area contributed by atoms with Gasteiger partial charge < -0.3 is 19.2 Å². The van der Waals surface area contributed by atoms with Crippen LogP contribution < -0.4 is 0 Å². The average Bonchev–Trinajstić information content (AvgIpc) is 1.88. The lowest BCUT2D eigenvalue weighted by atomic mass is 10.4. The van der Waals surface area contributed by atoms with Gasteiger partial charge in [-0.25, -0.2) is 0 Å². The maximum Gasteiger partial charge on any atom is 0.668 e. The summed E-state index contributed by atoms with van der Waals surface area (Å²) >= 11 is 0. The van der Waals surface area contributed by atoms with Crippen LogP contribution in [-0.4, -0.2) is 63.0 Å². The molecule has 0 saturated carbocycles. The van der Waals surface area contributed by atoms with Crippen LogP contribution in [0.25, 0.3) is 0 Å². The van der Waals surface area contributed by atoms with Crippen molar-refractivity contribution in [2.75, 3.05) is 0 Å². The highest BCUT2D eigenvalue weighted by Crippen LogP contribution is 1.79. The Bertz CT molecular complexity index is 147. The van der Waals surface area contributed by atoms with Crippen LogP contribution in [0.15, 0.2) is 36.4 Å². The molecule has 0 radical (unpaired) electrons. The third kappa shape index (κ3) is 32.8. The topological polar surface area (TPSA) is 80.9 Å². The van der Waals surface area contributed by atoms with E-state index in [2.05, 4.69) is 0 Å². The molecular weight excluding hydrogens is 218 g/mol. The van der Waals surface area contributed by atoms with E-state index >= 15 is 0 Å². The molecule has 0 amide bonds. The Kier molecular flexibility index (Phi) is 15.2. The van der Waals surface area contributed by atoms with Crippen molar-refractivity contribution in [1.29, 1.82) is 0 Å². The molecule has 13 heavy (non-hydrogen) atoms. The van der Waals surface area contributed by atoms with Gasteiger partial charge in [-0.1, -0.05) is 36.4 Å². The van der Waals surface area contributed by atoms with Crippen molar-refractivity contribution in [2.24, 2.45) is 0 Å². The summed E-state index contributed by atoms with van der Waals surface area (Å²) in [4.78, 5) is 29.3. The molecule has 74 valence electrons. The molecule has 0 spiro atoms. The van der Waals surface area contributed by atoms with Crippen molar-refractivity contribution in [3.8, 4) is 0 Å². The first-order chi connectivity index (χ1) is 5.00. The highest BCUT2D eigenvalue weighted by molar-refractivity contribution is 6.46. The van der Waals surface area contributed by atoms with Gasteiger partial charge in [-0.05, 0) is 0 Å². The summed E-state index contributed by atoms with van der Waals surface area (Å²) in [6.07, 6.45) is 0. The molecule has 7 heteroatoms. The van der Waals surface area contributed by atoms with Gasteiger partial charge in [-0.15, -0.1) is 0 Å². The molecule has 0 atom stereocenters. The fraction of sp³-hybridized carbons (Fsp3) is 0. The first kappa shape index (κ1) is 19.0. The van der Waals surface area contributed by atoms with Gasteiger partial charge in [0.15, 0.2) is 34.7 Å². The Morgan fingerprint density at radius 2 is 0.615 bits per heavy atom. The molecule has 0 aromatic heterocycles. The lowest BCUT2D eigenvalue weighted by Crippen LogP contribution is -2.33. The van der Waals surface area contributed by atoms with E-state index in [1.165, 1.54) is 0 Å². The molecule has 0 bridgehead atoms. The van der Waals surface area contributed by atoms with E-state index in [4.69, 9.17) is 19.2 Å². The third-order valence-electron chi connectivity index (χ3n) is 0.667. The quantitative estimate of drug-likeness (QED) is 0.355. The SMILES string of the molecule is O[Si](O)(O)O.[AlH3].[AlH3].c1ccccc1. The second kappa shape index (κ2) is 10.4. The second-order valence-corrected chi connectivity index (χ2v) is 2.95. The minimum Gasteiger partial charge on any atom is -0.368 e. The number of hydrogen-bond donors (Lipinski definition) is 4. The molecule has 0 aliphatic carbocycles. The maximum absolute atomic E-state index is 7.33. The normalized spacial score (nSPS) is 8.31. The van der Waals surface area contributed by atoms with E-state index in [9.17, 15) is 0 Å². The Labute approximate surface area is 99.2 Å². The van der Waals surface area contributed by atoms with Gasteiger partial charge in [-0.2, -0.15) is 0 Å². The Morgan fingerprint density at radius 3 is 0.692 bits per heavy atom. The van der Waals surface area contributed by atoms with E-state index in [0.29, 0.717) is 0 Å². The molecule has 4 N–H and O–H groups in total. The van der Waals surface area contributed by atoms with E-state index in [-0.39, 0.29) is 34.7 Å². The molecule has 0 aliphatic rings. The smallest absolute Gasteiger partial charge is 0.368 e. The summed E-state index contributed by atoms with van der Waals surface area (Å²) in [5.41, 5.74) is 0. The highest BCUT2D eigenvalue weighted by Gasteiger charge is 2.22. The maximum atomic E-state index is 7.33. The number of benzene rings is 1. The zero-order valence-electron chi connectivity index (χ0n) is 5.75. The van der Waals surface area contributed by atoms with Gasteiger partial charge in [0, 0.05) is 0 Å². The van der Waals surface area contributed by atoms with Crippen LogP contribution in [0.3, 0.4) is 0 Å². The fourth-order valence-electron chi connectivity index (χ4n) is 0.385. The van der Waals surface area contributed by atoms with E-state index < -0.39 is 9.05 Å². The Hall–Kier alpha value is 0.342. The predicted octanol–water partition coefficient (Wildman–Crippen LogP) is -3.29. The molecule has 1 aromatic rings. The van der Waals surface area contributed by atoms with Crippen molar-refractivity contribution >= 4 is 43.8 Å². The van der Waals surface area contributed by atoms with Gasteiger partial charge in [0.05, 0.1) is 0 Å². The summed E-state index contributed by atoms with van der Waals surface area (Å²) in [5, 5.41) is 0.